The Morgan fingerprint density at radius 1 is 1.09 bits per heavy atom. The van der Waals surface area contributed by atoms with Gasteiger partial charge in [-0.05, 0) is 13.8 Å². The van der Waals surface area contributed by atoms with Crippen LogP contribution in [0.25, 0.3) is 0 Å². The number of carbonyl (C=O) groups is 4. The van der Waals surface area contributed by atoms with Gasteiger partial charge in [0.1, 0.15) is 27.8 Å². The molecule has 0 saturated carbocycles. The molecule has 172 valence electrons. The molecule has 0 bridgehead atoms. The highest BCUT2D eigenvalue weighted by Crippen LogP contribution is 2.35. The number of anilines is 1. The summed E-state index contributed by atoms with van der Waals surface area (Å²) < 4.78 is 15.2. The van der Waals surface area contributed by atoms with Gasteiger partial charge in [0.15, 0.2) is 0 Å². The first-order valence-corrected chi connectivity index (χ1v) is 9.74. The quantitative estimate of drug-likeness (QED) is 0.258. The van der Waals surface area contributed by atoms with Gasteiger partial charge in [-0.2, -0.15) is 5.10 Å². The molecule has 1 amide bonds. The summed E-state index contributed by atoms with van der Waals surface area (Å²) in [7, 11) is 3.36. The van der Waals surface area contributed by atoms with E-state index >= 15 is 0 Å². The van der Waals surface area contributed by atoms with Gasteiger partial charge in [0.25, 0.3) is 0 Å². The van der Waals surface area contributed by atoms with Crippen LogP contribution in [0.1, 0.15) is 37.0 Å². The Labute approximate surface area is 185 Å². The maximum Gasteiger partial charge on any atom is 0.348 e. The first-order valence-electron chi connectivity index (χ1n) is 8.92. The molecule has 13 nitrogen and oxygen atoms in total. The monoisotopic (exact) mass is 468 g/mol. The molecular weight excluding hydrogens is 448 g/mol. The van der Waals surface area contributed by atoms with Gasteiger partial charge in [-0.25, -0.2) is 9.59 Å². The SMILES string of the molecule is COC(=O)Cc1c(C(=O)OC)sc(NC(=O)Cn2nc(C)c([N+](=O)[O-])c2C)c1C(=O)OC. The second-order valence-electron chi connectivity index (χ2n) is 6.33. The van der Waals surface area contributed by atoms with Crippen molar-refractivity contribution in [2.24, 2.45) is 0 Å². The van der Waals surface area contributed by atoms with E-state index in [1.54, 1.807) is 0 Å². The molecule has 0 saturated heterocycles. The average molecular weight is 468 g/mol. The minimum absolute atomic E-state index is 0.0161. The topological polar surface area (TPSA) is 169 Å². The Bertz CT molecular complexity index is 1100. The predicted molar refractivity (Wildman–Crippen MR) is 110 cm³/mol. The zero-order valence-corrected chi connectivity index (χ0v) is 18.7. The van der Waals surface area contributed by atoms with Crippen molar-refractivity contribution in [2.75, 3.05) is 26.6 Å². The highest BCUT2D eigenvalue weighted by Gasteiger charge is 2.31. The standard InChI is InChI=1S/C18H20N4O9S/c1-8-14(22(27)28)9(2)21(20-8)7-11(23)19-16-13(17(25)30-4)10(6-12(24)29-3)15(32-16)18(26)31-5/h6-7H2,1-5H3,(H,19,23). The van der Waals surface area contributed by atoms with Crippen LogP contribution in [-0.4, -0.2) is 59.8 Å². The summed E-state index contributed by atoms with van der Waals surface area (Å²) >= 11 is 0.718. The van der Waals surface area contributed by atoms with E-state index in [9.17, 15) is 29.3 Å². The highest BCUT2D eigenvalue weighted by atomic mass is 32.1. The van der Waals surface area contributed by atoms with Gasteiger partial charge in [0.2, 0.25) is 5.91 Å². The number of nitrogens with zero attached hydrogens (tertiary/aromatic N) is 3. The fourth-order valence-electron chi connectivity index (χ4n) is 2.92. The summed E-state index contributed by atoms with van der Waals surface area (Å²) in [4.78, 5) is 59.5. The number of rotatable bonds is 8. The van der Waals surface area contributed by atoms with Crippen LogP contribution in [0, 0.1) is 24.0 Å². The molecule has 0 aromatic carbocycles. The molecule has 0 aliphatic rings. The van der Waals surface area contributed by atoms with Gasteiger partial charge < -0.3 is 19.5 Å². The Hall–Kier alpha value is -3.81. The van der Waals surface area contributed by atoms with Crippen molar-refractivity contribution in [3.05, 3.63) is 37.5 Å². The number of methoxy groups -OCH3 is 3. The Morgan fingerprint density at radius 2 is 1.72 bits per heavy atom. The smallest absolute Gasteiger partial charge is 0.348 e. The molecule has 0 aliphatic carbocycles. The molecule has 0 spiro atoms. The van der Waals surface area contributed by atoms with Crippen molar-refractivity contribution in [1.29, 1.82) is 0 Å². The van der Waals surface area contributed by atoms with E-state index in [0.29, 0.717) is 0 Å². The Morgan fingerprint density at radius 3 is 2.22 bits per heavy atom. The maximum atomic E-state index is 12.6. The molecule has 0 fully saturated rings. The summed E-state index contributed by atoms with van der Waals surface area (Å²) in [5.41, 5.74) is -0.116. The second kappa shape index (κ2) is 10.00. The van der Waals surface area contributed by atoms with Crippen molar-refractivity contribution < 1.29 is 38.3 Å². The maximum absolute atomic E-state index is 12.6. The number of ether oxygens (including phenoxy) is 3. The molecule has 0 unspecified atom stereocenters. The molecule has 1 N–H and O–H groups in total. The number of amides is 1. The van der Waals surface area contributed by atoms with Crippen molar-refractivity contribution in [3.8, 4) is 0 Å². The van der Waals surface area contributed by atoms with Crippen LogP contribution >= 0.6 is 11.3 Å². The van der Waals surface area contributed by atoms with Crippen molar-refractivity contribution in [1.82, 2.24) is 9.78 Å². The highest BCUT2D eigenvalue weighted by molar-refractivity contribution is 7.18. The molecule has 0 radical (unpaired) electrons. The van der Waals surface area contributed by atoms with Crippen molar-refractivity contribution in [3.63, 3.8) is 0 Å². The molecule has 32 heavy (non-hydrogen) atoms. The summed E-state index contributed by atoms with van der Waals surface area (Å²) in [6, 6.07) is 0. The number of hydrogen-bond acceptors (Lipinski definition) is 11. The number of hydrogen-bond donors (Lipinski definition) is 1. The molecule has 0 atom stereocenters. The van der Waals surface area contributed by atoms with Crippen LogP contribution < -0.4 is 5.32 Å². The molecule has 0 aliphatic heterocycles. The number of thiophene rings is 1. The van der Waals surface area contributed by atoms with Crippen LogP contribution in [0.2, 0.25) is 0 Å². The van der Waals surface area contributed by atoms with E-state index in [2.05, 4.69) is 15.2 Å². The number of nitrogens with one attached hydrogen (secondary N) is 1. The summed E-state index contributed by atoms with van der Waals surface area (Å²) in [6.45, 7) is 2.48. The third kappa shape index (κ3) is 4.91. The van der Waals surface area contributed by atoms with Crippen LogP contribution in [0.3, 0.4) is 0 Å². The average Bonchev–Trinajstić information content (AvgIpc) is 3.22. The van der Waals surface area contributed by atoms with Gasteiger partial charge in [-0.3, -0.25) is 24.4 Å². The fourth-order valence-corrected chi connectivity index (χ4v) is 4.06. The van der Waals surface area contributed by atoms with E-state index < -0.39 is 41.7 Å². The largest absolute Gasteiger partial charge is 0.469 e. The van der Waals surface area contributed by atoms with E-state index in [0.717, 1.165) is 37.3 Å². The van der Waals surface area contributed by atoms with Crippen LogP contribution in [0.15, 0.2) is 0 Å². The van der Waals surface area contributed by atoms with E-state index in [-0.39, 0.29) is 38.1 Å². The fraction of sp³-hybridized carbons (Fsp3) is 0.389. The van der Waals surface area contributed by atoms with Crippen LogP contribution in [0.5, 0.6) is 0 Å². The number of carbonyl (C=O) groups excluding carboxylic acids is 4. The van der Waals surface area contributed by atoms with Gasteiger partial charge in [0.05, 0.1) is 38.2 Å². The van der Waals surface area contributed by atoms with Gasteiger partial charge in [-0.15, -0.1) is 11.3 Å². The molecule has 2 aromatic heterocycles. The minimum Gasteiger partial charge on any atom is -0.469 e. The molecule has 2 rings (SSSR count). The van der Waals surface area contributed by atoms with E-state index in [4.69, 9.17) is 9.47 Å². The van der Waals surface area contributed by atoms with Gasteiger partial charge in [0, 0.05) is 5.56 Å². The number of aryl methyl sites for hydroxylation is 1. The lowest BCUT2D eigenvalue weighted by molar-refractivity contribution is -0.386. The summed E-state index contributed by atoms with van der Waals surface area (Å²) in [5, 5.41) is 17.6. The van der Waals surface area contributed by atoms with Gasteiger partial charge in [-0.1, -0.05) is 0 Å². The van der Waals surface area contributed by atoms with Crippen molar-refractivity contribution in [2.45, 2.75) is 26.8 Å². The first kappa shape index (κ1) is 24.5. The van der Waals surface area contributed by atoms with Crippen LogP contribution in [0.4, 0.5) is 10.7 Å². The van der Waals surface area contributed by atoms with E-state index in [1.165, 1.54) is 13.8 Å². The lowest BCUT2D eigenvalue weighted by atomic mass is 10.1. The Balaban J connectivity index is 2.46. The van der Waals surface area contributed by atoms with Gasteiger partial charge >= 0.3 is 23.6 Å². The van der Waals surface area contributed by atoms with E-state index in [1.807, 2.05) is 0 Å². The third-order valence-corrected chi connectivity index (χ3v) is 5.52. The Kier molecular flexibility index (Phi) is 7.64. The lowest BCUT2D eigenvalue weighted by Gasteiger charge is -2.08. The number of aromatic nitrogens is 2. The summed E-state index contributed by atoms with van der Waals surface area (Å²) in [6.07, 6.45) is -0.443. The second-order valence-corrected chi connectivity index (χ2v) is 7.35. The van der Waals surface area contributed by atoms with Crippen molar-refractivity contribution >= 4 is 45.8 Å². The normalized spacial score (nSPS) is 10.4. The molecular formula is C18H20N4O9S. The predicted octanol–water partition coefficient (Wildman–Crippen LogP) is 1.40. The molecule has 2 aromatic rings. The zero-order chi connectivity index (χ0) is 24.2. The summed E-state index contributed by atoms with van der Waals surface area (Å²) in [5.74, 6) is -3.13. The first-order chi connectivity index (χ1) is 15.0. The molecule has 14 heteroatoms. The minimum atomic E-state index is -0.896. The number of nitro groups is 1. The third-order valence-electron chi connectivity index (χ3n) is 4.39. The molecule has 2 heterocycles. The van der Waals surface area contributed by atoms with Crippen LogP contribution in [-0.2, 0) is 36.8 Å². The number of esters is 3. The lowest BCUT2D eigenvalue weighted by Crippen LogP contribution is -2.21. The zero-order valence-electron chi connectivity index (χ0n) is 17.8.